The normalized spacial score (nSPS) is 24.0. The average molecular weight is 368 g/mol. The van der Waals surface area contributed by atoms with E-state index in [1.54, 1.807) is 6.33 Å². The number of rotatable bonds is 6. The summed E-state index contributed by atoms with van der Waals surface area (Å²) in [4.78, 5) is 22.2. The molecule has 6 heteroatoms. The van der Waals surface area contributed by atoms with Crippen molar-refractivity contribution in [1.82, 2.24) is 14.9 Å². The predicted molar refractivity (Wildman–Crippen MR) is 106 cm³/mol. The SMILES string of the molecule is O=CCCc1ccc2ncnc(NC3CCC(N4CCOCC4)CC3)c2c1. The van der Waals surface area contributed by atoms with Crippen LogP contribution in [0.1, 0.15) is 37.7 Å². The zero-order chi connectivity index (χ0) is 18.5. The van der Waals surface area contributed by atoms with Crippen LogP contribution in [0.5, 0.6) is 0 Å². The van der Waals surface area contributed by atoms with Crippen LogP contribution in [0.3, 0.4) is 0 Å². The van der Waals surface area contributed by atoms with Gasteiger partial charge in [0.2, 0.25) is 0 Å². The van der Waals surface area contributed by atoms with Crippen LogP contribution in [-0.2, 0) is 16.0 Å². The van der Waals surface area contributed by atoms with Crippen molar-refractivity contribution < 1.29 is 9.53 Å². The fraction of sp³-hybridized carbons (Fsp3) is 0.571. The van der Waals surface area contributed by atoms with Crippen LogP contribution in [-0.4, -0.2) is 59.5 Å². The third-order valence-electron chi connectivity index (χ3n) is 5.85. The molecule has 0 radical (unpaired) electrons. The van der Waals surface area contributed by atoms with Crippen LogP contribution in [0.2, 0.25) is 0 Å². The maximum atomic E-state index is 10.7. The summed E-state index contributed by atoms with van der Waals surface area (Å²) in [7, 11) is 0. The van der Waals surface area contributed by atoms with E-state index >= 15 is 0 Å². The van der Waals surface area contributed by atoms with E-state index in [9.17, 15) is 4.79 Å². The van der Waals surface area contributed by atoms with Crippen molar-refractivity contribution in [2.24, 2.45) is 0 Å². The molecule has 4 rings (SSSR count). The number of fused-ring (bicyclic) bond motifs is 1. The van der Waals surface area contributed by atoms with Gasteiger partial charge in [0.05, 0.1) is 18.7 Å². The van der Waals surface area contributed by atoms with Crippen LogP contribution < -0.4 is 5.32 Å². The van der Waals surface area contributed by atoms with Gasteiger partial charge in [0.1, 0.15) is 18.4 Å². The van der Waals surface area contributed by atoms with Crippen molar-refractivity contribution >= 4 is 23.0 Å². The molecule has 2 aliphatic rings. The molecule has 1 aromatic carbocycles. The van der Waals surface area contributed by atoms with Gasteiger partial charge in [-0.2, -0.15) is 0 Å². The van der Waals surface area contributed by atoms with Gasteiger partial charge in [0.25, 0.3) is 0 Å². The van der Waals surface area contributed by atoms with Gasteiger partial charge >= 0.3 is 0 Å². The largest absolute Gasteiger partial charge is 0.379 e. The third-order valence-corrected chi connectivity index (χ3v) is 5.85. The maximum Gasteiger partial charge on any atom is 0.137 e. The molecule has 0 atom stereocenters. The fourth-order valence-electron chi connectivity index (χ4n) is 4.32. The third kappa shape index (κ3) is 4.45. The number of nitrogens with one attached hydrogen (secondary N) is 1. The Balaban J connectivity index is 1.41. The van der Waals surface area contributed by atoms with Crippen molar-refractivity contribution in [2.45, 2.75) is 50.6 Å². The first-order valence-electron chi connectivity index (χ1n) is 10.1. The van der Waals surface area contributed by atoms with E-state index in [2.05, 4.69) is 32.3 Å². The molecule has 1 aromatic heterocycles. The second-order valence-electron chi connectivity index (χ2n) is 7.58. The maximum absolute atomic E-state index is 10.7. The number of nitrogens with zero attached hydrogens (tertiary/aromatic N) is 3. The predicted octanol–water partition coefficient (Wildman–Crippen LogP) is 2.82. The number of aryl methyl sites for hydroxylation is 1. The van der Waals surface area contributed by atoms with Crippen molar-refractivity contribution in [1.29, 1.82) is 0 Å². The van der Waals surface area contributed by atoms with Gasteiger partial charge in [-0.15, -0.1) is 0 Å². The van der Waals surface area contributed by atoms with Gasteiger partial charge in [0.15, 0.2) is 0 Å². The zero-order valence-electron chi connectivity index (χ0n) is 15.8. The lowest BCUT2D eigenvalue weighted by molar-refractivity contribution is -0.107. The van der Waals surface area contributed by atoms with Crippen molar-refractivity contribution in [3.63, 3.8) is 0 Å². The summed E-state index contributed by atoms with van der Waals surface area (Å²) in [6, 6.07) is 7.36. The highest BCUT2D eigenvalue weighted by Gasteiger charge is 2.27. The smallest absolute Gasteiger partial charge is 0.137 e. The monoisotopic (exact) mass is 368 g/mol. The number of ether oxygens (including phenoxy) is 1. The van der Waals surface area contributed by atoms with Gasteiger partial charge in [-0.1, -0.05) is 6.07 Å². The van der Waals surface area contributed by atoms with Crippen molar-refractivity contribution in [3.05, 3.63) is 30.1 Å². The minimum Gasteiger partial charge on any atom is -0.379 e. The molecule has 0 amide bonds. The zero-order valence-corrected chi connectivity index (χ0v) is 15.8. The van der Waals surface area contributed by atoms with Gasteiger partial charge in [-0.05, 0) is 49.8 Å². The Labute approximate surface area is 160 Å². The Bertz CT molecular complexity index is 768. The minimum atomic E-state index is 0.457. The highest BCUT2D eigenvalue weighted by Crippen LogP contribution is 2.28. The lowest BCUT2D eigenvalue weighted by atomic mass is 9.90. The first-order chi connectivity index (χ1) is 13.3. The number of anilines is 1. The molecule has 1 aliphatic carbocycles. The second kappa shape index (κ2) is 8.76. The molecule has 1 saturated carbocycles. The number of benzene rings is 1. The Morgan fingerprint density at radius 2 is 1.96 bits per heavy atom. The molecule has 0 bridgehead atoms. The lowest BCUT2D eigenvalue weighted by Gasteiger charge is -2.39. The van der Waals surface area contributed by atoms with Crippen LogP contribution >= 0.6 is 0 Å². The summed E-state index contributed by atoms with van der Waals surface area (Å²) in [5.74, 6) is 0.919. The molecule has 2 fully saturated rings. The summed E-state index contributed by atoms with van der Waals surface area (Å²) in [5.41, 5.74) is 2.10. The number of carbonyl (C=O) groups excluding carboxylic acids is 1. The van der Waals surface area contributed by atoms with Gasteiger partial charge in [-0.25, -0.2) is 9.97 Å². The molecule has 2 heterocycles. The summed E-state index contributed by atoms with van der Waals surface area (Å²) in [6.07, 6.45) is 8.70. The van der Waals surface area contributed by atoms with E-state index in [0.29, 0.717) is 18.5 Å². The summed E-state index contributed by atoms with van der Waals surface area (Å²) in [6.45, 7) is 3.89. The van der Waals surface area contributed by atoms with Crippen LogP contribution in [0.25, 0.3) is 10.9 Å². The van der Waals surface area contributed by atoms with E-state index in [1.165, 1.54) is 25.7 Å². The van der Waals surface area contributed by atoms with Crippen LogP contribution in [0.15, 0.2) is 24.5 Å². The quantitative estimate of drug-likeness (QED) is 0.791. The van der Waals surface area contributed by atoms with E-state index in [-0.39, 0.29) is 0 Å². The number of hydrogen-bond donors (Lipinski definition) is 1. The second-order valence-corrected chi connectivity index (χ2v) is 7.58. The molecular formula is C21H28N4O2. The molecule has 0 unspecified atom stereocenters. The van der Waals surface area contributed by atoms with E-state index in [1.807, 2.05) is 6.07 Å². The van der Waals surface area contributed by atoms with E-state index in [0.717, 1.165) is 61.3 Å². The van der Waals surface area contributed by atoms with Gasteiger partial charge < -0.3 is 14.8 Å². The number of carbonyl (C=O) groups is 1. The molecule has 1 saturated heterocycles. The summed E-state index contributed by atoms with van der Waals surface area (Å²) in [5, 5.41) is 4.72. The molecule has 27 heavy (non-hydrogen) atoms. The average Bonchev–Trinajstić information content (AvgIpc) is 2.74. The first-order valence-corrected chi connectivity index (χ1v) is 10.1. The summed E-state index contributed by atoms with van der Waals surface area (Å²) >= 11 is 0. The number of aromatic nitrogens is 2. The highest BCUT2D eigenvalue weighted by molar-refractivity contribution is 5.89. The van der Waals surface area contributed by atoms with Crippen molar-refractivity contribution in [3.8, 4) is 0 Å². The molecule has 0 spiro atoms. The first kappa shape index (κ1) is 18.3. The molecular weight excluding hydrogens is 340 g/mol. The Kier molecular flexibility index (Phi) is 5.94. The van der Waals surface area contributed by atoms with Crippen LogP contribution in [0.4, 0.5) is 5.82 Å². The Hall–Kier alpha value is -2.05. The number of morpholine rings is 1. The molecule has 1 aliphatic heterocycles. The molecule has 1 N–H and O–H groups in total. The number of aldehydes is 1. The summed E-state index contributed by atoms with van der Waals surface area (Å²) < 4.78 is 5.48. The standard InChI is InChI=1S/C21H28N4O2/c26-11-1-2-16-3-8-20-19(14-16)21(23-15-22-20)24-17-4-6-18(7-5-17)25-9-12-27-13-10-25/h3,8,11,14-15,17-18H,1-2,4-7,9-10,12-13H2,(H,22,23,24). The van der Waals surface area contributed by atoms with Gasteiger partial charge in [-0.3, -0.25) is 4.90 Å². The van der Waals surface area contributed by atoms with E-state index < -0.39 is 0 Å². The molecule has 144 valence electrons. The topological polar surface area (TPSA) is 67.4 Å². The highest BCUT2D eigenvalue weighted by atomic mass is 16.5. The number of hydrogen-bond acceptors (Lipinski definition) is 6. The fourth-order valence-corrected chi connectivity index (χ4v) is 4.32. The molecule has 2 aromatic rings. The Morgan fingerprint density at radius 1 is 1.15 bits per heavy atom. The lowest BCUT2D eigenvalue weighted by Crippen LogP contribution is -2.46. The van der Waals surface area contributed by atoms with Gasteiger partial charge in [0, 0.05) is 37.0 Å². The van der Waals surface area contributed by atoms with Crippen molar-refractivity contribution in [2.75, 3.05) is 31.6 Å². The van der Waals surface area contributed by atoms with E-state index in [4.69, 9.17) is 4.74 Å². The minimum absolute atomic E-state index is 0.457. The molecule has 6 nitrogen and oxygen atoms in total. The van der Waals surface area contributed by atoms with Crippen LogP contribution in [0, 0.1) is 0 Å². The Morgan fingerprint density at radius 3 is 2.74 bits per heavy atom.